The highest BCUT2D eigenvalue weighted by atomic mass is 16.5. The molecule has 0 radical (unpaired) electrons. The third-order valence-corrected chi connectivity index (χ3v) is 3.78. The molecule has 1 rings (SSSR count). The normalized spacial score (nSPS) is 20.4. The molecule has 2 atom stereocenters. The molecule has 2 unspecified atom stereocenters. The highest BCUT2D eigenvalue weighted by Gasteiger charge is 2.25. The number of hydrogen-bond donors (Lipinski definition) is 1. The third-order valence-electron chi connectivity index (χ3n) is 3.78. The van der Waals surface area contributed by atoms with Crippen LogP contribution in [0.25, 0.3) is 0 Å². The first-order chi connectivity index (χ1) is 9.54. The molecule has 1 heterocycles. The van der Waals surface area contributed by atoms with Crippen LogP contribution in [0.3, 0.4) is 0 Å². The van der Waals surface area contributed by atoms with Crippen molar-refractivity contribution in [3.8, 4) is 0 Å². The zero-order valence-electron chi connectivity index (χ0n) is 13.7. The summed E-state index contributed by atoms with van der Waals surface area (Å²) in [5.74, 6) is 0.888. The van der Waals surface area contributed by atoms with Gasteiger partial charge in [0.05, 0.1) is 19.1 Å². The van der Waals surface area contributed by atoms with E-state index in [2.05, 4.69) is 37.9 Å². The van der Waals surface area contributed by atoms with E-state index in [4.69, 9.17) is 4.74 Å². The molecule has 1 aliphatic rings. The first-order valence-corrected chi connectivity index (χ1v) is 8.16. The Morgan fingerprint density at radius 1 is 1.40 bits per heavy atom. The SMILES string of the molecule is CCCN(C(=O)CCOC(C)CC(C)C)C1CCNC1. The second-order valence-corrected chi connectivity index (χ2v) is 6.29. The van der Waals surface area contributed by atoms with Gasteiger partial charge in [-0.15, -0.1) is 0 Å². The third kappa shape index (κ3) is 6.23. The van der Waals surface area contributed by atoms with Crippen molar-refractivity contribution in [3.63, 3.8) is 0 Å². The maximum absolute atomic E-state index is 12.3. The number of hydrogen-bond acceptors (Lipinski definition) is 3. The molecule has 1 N–H and O–H groups in total. The van der Waals surface area contributed by atoms with E-state index < -0.39 is 0 Å². The van der Waals surface area contributed by atoms with Gasteiger partial charge in [-0.3, -0.25) is 4.79 Å². The molecule has 0 aromatic carbocycles. The number of amides is 1. The van der Waals surface area contributed by atoms with E-state index in [0.717, 1.165) is 38.9 Å². The van der Waals surface area contributed by atoms with Gasteiger partial charge in [0.1, 0.15) is 0 Å². The molecule has 1 fully saturated rings. The van der Waals surface area contributed by atoms with Crippen molar-refractivity contribution in [1.82, 2.24) is 10.2 Å². The fourth-order valence-corrected chi connectivity index (χ4v) is 2.88. The van der Waals surface area contributed by atoms with Crippen LogP contribution in [0.4, 0.5) is 0 Å². The second kappa shape index (κ2) is 9.35. The standard InChI is InChI=1S/C16H32N2O2/c1-5-9-18(15-6-8-17-12-15)16(19)7-10-20-14(4)11-13(2)3/h13-15,17H,5-12H2,1-4H3. The average Bonchev–Trinajstić information content (AvgIpc) is 2.88. The molecule has 1 saturated heterocycles. The average molecular weight is 284 g/mol. The number of rotatable bonds is 9. The van der Waals surface area contributed by atoms with Crippen LogP contribution in [-0.4, -0.2) is 49.2 Å². The van der Waals surface area contributed by atoms with Crippen LogP contribution in [0.2, 0.25) is 0 Å². The molecular formula is C16H32N2O2. The van der Waals surface area contributed by atoms with Gasteiger partial charge in [0.15, 0.2) is 0 Å². The Morgan fingerprint density at radius 2 is 2.15 bits per heavy atom. The molecule has 1 amide bonds. The summed E-state index contributed by atoms with van der Waals surface area (Å²) in [5, 5.41) is 3.34. The van der Waals surface area contributed by atoms with Crippen molar-refractivity contribution in [1.29, 1.82) is 0 Å². The van der Waals surface area contributed by atoms with Crippen LogP contribution in [0.5, 0.6) is 0 Å². The number of carbonyl (C=O) groups is 1. The molecule has 20 heavy (non-hydrogen) atoms. The highest BCUT2D eigenvalue weighted by Crippen LogP contribution is 2.12. The fourth-order valence-electron chi connectivity index (χ4n) is 2.88. The van der Waals surface area contributed by atoms with E-state index >= 15 is 0 Å². The van der Waals surface area contributed by atoms with Crippen LogP contribution in [0, 0.1) is 5.92 Å². The Balaban J connectivity index is 2.30. The minimum atomic E-state index is 0.246. The molecule has 0 saturated carbocycles. The molecule has 0 spiro atoms. The van der Waals surface area contributed by atoms with Crippen molar-refractivity contribution in [3.05, 3.63) is 0 Å². The van der Waals surface area contributed by atoms with Crippen LogP contribution < -0.4 is 5.32 Å². The number of ether oxygens (including phenoxy) is 1. The van der Waals surface area contributed by atoms with Gasteiger partial charge in [0, 0.05) is 19.1 Å². The van der Waals surface area contributed by atoms with Crippen molar-refractivity contribution in [2.24, 2.45) is 5.92 Å². The monoisotopic (exact) mass is 284 g/mol. The van der Waals surface area contributed by atoms with Gasteiger partial charge >= 0.3 is 0 Å². The molecule has 0 aliphatic carbocycles. The van der Waals surface area contributed by atoms with E-state index in [9.17, 15) is 4.79 Å². The summed E-state index contributed by atoms with van der Waals surface area (Å²) < 4.78 is 5.75. The lowest BCUT2D eigenvalue weighted by Gasteiger charge is -2.28. The van der Waals surface area contributed by atoms with Gasteiger partial charge in [-0.1, -0.05) is 20.8 Å². The summed E-state index contributed by atoms with van der Waals surface area (Å²) >= 11 is 0. The topological polar surface area (TPSA) is 41.6 Å². The lowest BCUT2D eigenvalue weighted by molar-refractivity contribution is -0.134. The van der Waals surface area contributed by atoms with Gasteiger partial charge in [0.2, 0.25) is 5.91 Å². The van der Waals surface area contributed by atoms with Crippen LogP contribution >= 0.6 is 0 Å². The molecular weight excluding hydrogens is 252 g/mol. The number of nitrogens with zero attached hydrogens (tertiary/aromatic N) is 1. The summed E-state index contributed by atoms with van der Waals surface area (Å²) in [6.07, 6.45) is 3.91. The van der Waals surface area contributed by atoms with Gasteiger partial charge in [-0.25, -0.2) is 0 Å². The molecule has 0 aromatic heterocycles. The first kappa shape index (κ1) is 17.4. The Hall–Kier alpha value is -0.610. The van der Waals surface area contributed by atoms with E-state index in [1.165, 1.54) is 0 Å². The zero-order valence-corrected chi connectivity index (χ0v) is 13.7. The van der Waals surface area contributed by atoms with Gasteiger partial charge in [-0.2, -0.15) is 0 Å². The van der Waals surface area contributed by atoms with Crippen molar-refractivity contribution in [2.45, 2.75) is 65.5 Å². The molecule has 4 heteroatoms. The van der Waals surface area contributed by atoms with Gasteiger partial charge in [-0.05, 0) is 38.6 Å². The second-order valence-electron chi connectivity index (χ2n) is 6.29. The molecule has 1 aliphatic heterocycles. The molecule has 0 aromatic rings. The molecule has 118 valence electrons. The maximum atomic E-state index is 12.3. The summed E-state index contributed by atoms with van der Waals surface area (Å²) in [6, 6.07) is 0.385. The highest BCUT2D eigenvalue weighted by molar-refractivity contribution is 5.76. The lowest BCUT2D eigenvalue weighted by Crippen LogP contribution is -2.42. The Morgan fingerprint density at radius 3 is 2.70 bits per heavy atom. The minimum Gasteiger partial charge on any atom is -0.378 e. The zero-order chi connectivity index (χ0) is 15.0. The summed E-state index contributed by atoms with van der Waals surface area (Å²) in [6.45, 7) is 12.0. The quantitative estimate of drug-likeness (QED) is 0.707. The lowest BCUT2D eigenvalue weighted by atomic mass is 10.1. The van der Waals surface area contributed by atoms with Gasteiger partial charge < -0.3 is 15.0 Å². The largest absolute Gasteiger partial charge is 0.378 e. The maximum Gasteiger partial charge on any atom is 0.225 e. The smallest absolute Gasteiger partial charge is 0.225 e. The summed E-state index contributed by atoms with van der Waals surface area (Å²) in [7, 11) is 0. The van der Waals surface area contributed by atoms with Gasteiger partial charge in [0.25, 0.3) is 0 Å². The van der Waals surface area contributed by atoms with Crippen molar-refractivity contribution < 1.29 is 9.53 Å². The van der Waals surface area contributed by atoms with Crippen molar-refractivity contribution >= 4 is 5.91 Å². The summed E-state index contributed by atoms with van der Waals surface area (Å²) in [4.78, 5) is 14.4. The van der Waals surface area contributed by atoms with Crippen LogP contribution in [0.15, 0.2) is 0 Å². The first-order valence-electron chi connectivity index (χ1n) is 8.16. The predicted molar refractivity (Wildman–Crippen MR) is 82.8 cm³/mol. The van der Waals surface area contributed by atoms with Crippen molar-refractivity contribution in [2.75, 3.05) is 26.2 Å². The minimum absolute atomic E-state index is 0.246. The Labute approximate surface area is 124 Å². The van der Waals surface area contributed by atoms with Crippen LogP contribution in [0.1, 0.15) is 53.4 Å². The number of nitrogens with one attached hydrogen (secondary N) is 1. The van der Waals surface area contributed by atoms with E-state index in [1.807, 2.05) is 0 Å². The Kier molecular flexibility index (Phi) is 8.15. The fraction of sp³-hybridized carbons (Fsp3) is 0.938. The molecule has 4 nitrogen and oxygen atoms in total. The van der Waals surface area contributed by atoms with E-state index in [1.54, 1.807) is 0 Å². The van der Waals surface area contributed by atoms with E-state index in [0.29, 0.717) is 25.0 Å². The van der Waals surface area contributed by atoms with E-state index in [-0.39, 0.29) is 12.0 Å². The Bertz CT molecular complexity index is 276. The van der Waals surface area contributed by atoms with Crippen LogP contribution in [-0.2, 0) is 9.53 Å². The molecule has 0 bridgehead atoms. The predicted octanol–water partition coefficient (Wildman–Crippen LogP) is 2.43. The summed E-state index contributed by atoms with van der Waals surface area (Å²) in [5.41, 5.74) is 0. The number of carbonyl (C=O) groups excluding carboxylic acids is 1.